The van der Waals surface area contributed by atoms with Crippen LogP contribution in [0.15, 0.2) is 42.5 Å². The van der Waals surface area contributed by atoms with E-state index in [9.17, 15) is 4.79 Å². The third-order valence-electron chi connectivity index (χ3n) is 4.71. The molecule has 1 aliphatic rings. The average Bonchev–Trinajstić information content (AvgIpc) is 3.23. The first kappa shape index (κ1) is 17.1. The number of fused-ring (bicyclic) bond motifs is 1. The van der Waals surface area contributed by atoms with E-state index in [-0.39, 0.29) is 12.7 Å². The van der Waals surface area contributed by atoms with Crippen molar-refractivity contribution >= 4 is 11.6 Å². The number of amides is 1. The Morgan fingerprint density at radius 1 is 1.07 bits per heavy atom. The summed E-state index contributed by atoms with van der Waals surface area (Å²) in [5.74, 6) is 1.05. The van der Waals surface area contributed by atoms with Crippen molar-refractivity contribution in [3.63, 3.8) is 0 Å². The summed E-state index contributed by atoms with van der Waals surface area (Å²) in [6, 6.07) is 13.5. The molecule has 1 N–H and O–H groups in total. The van der Waals surface area contributed by atoms with Gasteiger partial charge in [0, 0.05) is 5.56 Å². The highest BCUT2D eigenvalue weighted by Gasteiger charge is 2.19. The fourth-order valence-corrected chi connectivity index (χ4v) is 3.12. The summed E-state index contributed by atoms with van der Waals surface area (Å²) in [5, 5.41) is 7.57. The Labute approximate surface area is 157 Å². The molecule has 1 aromatic heterocycles. The molecule has 0 radical (unpaired) electrons. The van der Waals surface area contributed by atoms with E-state index >= 15 is 0 Å². The standard InChI is InChI=1S/C21H21N3O3/c1-13-4-6-16(7-5-13)11-24-15(3)20(14(2)23-24)22-21(25)17-8-9-18-19(10-17)27-12-26-18/h4-10H,11-12H2,1-3H3,(H,22,25). The summed E-state index contributed by atoms with van der Waals surface area (Å²) >= 11 is 0. The molecule has 0 atom stereocenters. The Bertz CT molecular complexity index is 1010. The molecular formula is C21H21N3O3. The zero-order chi connectivity index (χ0) is 19.0. The van der Waals surface area contributed by atoms with Gasteiger partial charge < -0.3 is 14.8 Å². The first-order valence-electron chi connectivity index (χ1n) is 8.82. The van der Waals surface area contributed by atoms with E-state index < -0.39 is 0 Å². The number of benzene rings is 2. The lowest BCUT2D eigenvalue weighted by Gasteiger charge is -2.08. The maximum absolute atomic E-state index is 12.7. The number of hydrogen-bond acceptors (Lipinski definition) is 4. The van der Waals surface area contributed by atoms with Crippen molar-refractivity contribution in [2.24, 2.45) is 0 Å². The largest absolute Gasteiger partial charge is 0.454 e. The van der Waals surface area contributed by atoms with Crippen LogP contribution in [0.25, 0.3) is 0 Å². The molecule has 27 heavy (non-hydrogen) atoms. The molecule has 0 spiro atoms. The van der Waals surface area contributed by atoms with Crippen LogP contribution in [-0.2, 0) is 6.54 Å². The Morgan fingerprint density at radius 3 is 2.59 bits per heavy atom. The van der Waals surface area contributed by atoms with E-state index in [4.69, 9.17) is 9.47 Å². The quantitative estimate of drug-likeness (QED) is 0.765. The number of hydrogen-bond donors (Lipinski definition) is 1. The van der Waals surface area contributed by atoms with Crippen molar-refractivity contribution in [1.82, 2.24) is 9.78 Å². The molecule has 0 unspecified atom stereocenters. The summed E-state index contributed by atoms with van der Waals surface area (Å²) in [4.78, 5) is 12.7. The van der Waals surface area contributed by atoms with Crippen LogP contribution in [0.3, 0.4) is 0 Å². The summed E-state index contributed by atoms with van der Waals surface area (Å²) in [7, 11) is 0. The van der Waals surface area contributed by atoms with E-state index in [0.29, 0.717) is 23.6 Å². The molecular weight excluding hydrogens is 342 g/mol. The van der Waals surface area contributed by atoms with Crippen molar-refractivity contribution in [2.75, 3.05) is 12.1 Å². The Hall–Kier alpha value is -3.28. The van der Waals surface area contributed by atoms with Gasteiger partial charge in [-0.15, -0.1) is 0 Å². The number of nitrogens with zero attached hydrogens (tertiary/aromatic N) is 2. The van der Waals surface area contributed by atoms with Gasteiger partial charge in [0.25, 0.3) is 5.91 Å². The maximum atomic E-state index is 12.7. The monoisotopic (exact) mass is 363 g/mol. The number of carbonyl (C=O) groups is 1. The molecule has 0 aliphatic carbocycles. The number of rotatable bonds is 4. The van der Waals surface area contributed by atoms with Crippen LogP contribution in [0, 0.1) is 20.8 Å². The van der Waals surface area contributed by atoms with Crippen LogP contribution in [0.5, 0.6) is 11.5 Å². The molecule has 0 saturated carbocycles. The van der Waals surface area contributed by atoms with Crippen LogP contribution < -0.4 is 14.8 Å². The molecule has 6 heteroatoms. The summed E-state index contributed by atoms with van der Waals surface area (Å²) in [6.45, 7) is 6.77. The number of aryl methyl sites for hydroxylation is 2. The molecule has 3 aromatic rings. The lowest BCUT2D eigenvalue weighted by atomic mass is 10.1. The maximum Gasteiger partial charge on any atom is 0.255 e. The first-order chi connectivity index (χ1) is 13.0. The van der Waals surface area contributed by atoms with Gasteiger partial charge in [-0.05, 0) is 44.5 Å². The number of aromatic nitrogens is 2. The lowest BCUT2D eigenvalue weighted by Crippen LogP contribution is -2.13. The van der Waals surface area contributed by atoms with E-state index in [2.05, 4.69) is 41.6 Å². The van der Waals surface area contributed by atoms with E-state index in [1.165, 1.54) is 11.1 Å². The van der Waals surface area contributed by atoms with E-state index in [0.717, 1.165) is 17.1 Å². The topological polar surface area (TPSA) is 65.4 Å². The van der Waals surface area contributed by atoms with Crippen LogP contribution in [-0.4, -0.2) is 22.5 Å². The molecule has 4 rings (SSSR count). The van der Waals surface area contributed by atoms with Gasteiger partial charge in [-0.1, -0.05) is 29.8 Å². The Balaban J connectivity index is 1.54. The molecule has 0 bridgehead atoms. The third kappa shape index (κ3) is 3.38. The highest BCUT2D eigenvalue weighted by molar-refractivity contribution is 6.05. The average molecular weight is 363 g/mol. The SMILES string of the molecule is Cc1ccc(Cn2nc(C)c(NC(=O)c3ccc4c(c3)OCO4)c2C)cc1. The second-order valence-corrected chi connectivity index (χ2v) is 6.71. The summed E-state index contributed by atoms with van der Waals surface area (Å²) in [6.07, 6.45) is 0. The number of ether oxygens (including phenoxy) is 2. The summed E-state index contributed by atoms with van der Waals surface area (Å²) in [5.41, 5.74) is 5.36. The minimum Gasteiger partial charge on any atom is -0.454 e. The molecule has 2 heterocycles. The molecule has 6 nitrogen and oxygen atoms in total. The highest BCUT2D eigenvalue weighted by atomic mass is 16.7. The number of carbonyl (C=O) groups excluding carboxylic acids is 1. The lowest BCUT2D eigenvalue weighted by molar-refractivity contribution is 0.102. The molecule has 1 aliphatic heterocycles. The number of anilines is 1. The van der Waals surface area contributed by atoms with Crippen molar-refractivity contribution in [2.45, 2.75) is 27.3 Å². The van der Waals surface area contributed by atoms with Gasteiger partial charge >= 0.3 is 0 Å². The van der Waals surface area contributed by atoms with E-state index in [1.807, 2.05) is 18.5 Å². The van der Waals surface area contributed by atoms with Crippen LogP contribution >= 0.6 is 0 Å². The Morgan fingerprint density at radius 2 is 1.81 bits per heavy atom. The molecule has 2 aromatic carbocycles. The van der Waals surface area contributed by atoms with Gasteiger partial charge in [-0.2, -0.15) is 5.10 Å². The van der Waals surface area contributed by atoms with Crippen LogP contribution in [0.2, 0.25) is 0 Å². The zero-order valence-electron chi connectivity index (χ0n) is 15.6. The fourth-order valence-electron chi connectivity index (χ4n) is 3.12. The van der Waals surface area contributed by atoms with Crippen molar-refractivity contribution in [3.05, 3.63) is 70.5 Å². The van der Waals surface area contributed by atoms with Gasteiger partial charge in [0.1, 0.15) is 0 Å². The third-order valence-corrected chi connectivity index (χ3v) is 4.71. The van der Waals surface area contributed by atoms with Gasteiger partial charge in [0.15, 0.2) is 11.5 Å². The normalized spacial score (nSPS) is 12.3. The van der Waals surface area contributed by atoms with Crippen molar-refractivity contribution in [3.8, 4) is 11.5 Å². The van der Waals surface area contributed by atoms with Gasteiger partial charge in [-0.25, -0.2) is 0 Å². The molecule has 1 amide bonds. The predicted octanol–water partition coefficient (Wildman–Crippen LogP) is 3.84. The first-order valence-corrected chi connectivity index (χ1v) is 8.82. The zero-order valence-corrected chi connectivity index (χ0v) is 15.6. The minimum atomic E-state index is -0.200. The van der Waals surface area contributed by atoms with Crippen LogP contribution in [0.1, 0.15) is 32.9 Å². The van der Waals surface area contributed by atoms with E-state index in [1.54, 1.807) is 18.2 Å². The Kier molecular flexibility index (Phi) is 4.32. The smallest absolute Gasteiger partial charge is 0.255 e. The van der Waals surface area contributed by atoms with Crippen molar-refractivity contribution < 1.29 is 14.3 Å². The second-order valence-electron chi connectivity index (χ2n) is 6.71. The van der Waals surface area contributed by atoms with Gasteiger partial charge in [-0.3, -0.25) is 9.48 Å². The van der Waals surface area contributed by atoms with Crippen LogP contribution in [0.4, 0.5) is 5.69 Å². The van der Waals surface area contributed by atoms with Crippen molar-refractivity contribution in [1.29, 1.82) is 0 Å². The summed E-state index contributed by atoms with van der Waals surface area (Å²) < 4.78 is 12.5. The minimum absolute atomic E-state index is 0.185. The highest BCUT2D eigenvalue weighted by Crippen LogP contribution is 2.33. The van der Waals surface area contributed by atoms with Gasteiger partial charge in [0.2, 0.25) is 6.79 Å². The molecule has 0 fully saturated rings. The predicted molar refractivity (Wildman–Crippen MR) is 103 cm³/mol. The second kappa shape index (κ2) is 6.79. The fraction of sp³-hybridized carbons (Fsp3) is 0.238. The molecule has 0 saturated heterocycles. The number of nitrogens with one attached hydrogen (secondary N) is 1. The van der Waals surface area contributed by atoms with Gasteiger partial charge in [0.05, 0.1) is 23.6 Å². The molecule has 138 valence electrons.